The number of amides is 1. The van der Waals surface area contributed by atoms with Gasteiger partial charge in [0.2, 0.25) is 0 Å². The van der Waals surface area contributed by atoms with Crippen LogP contribution < -0.4 is 5.32 Å². The third-order valence-electron chi connectivity index (χ3n) is 5.79. The molecule has 0 radical (unpaired) electrons. The maximum Gasteiger partial charge on any atom is 0.252 e. The molecule has 0 aliphatic heterocycles. The summed E-state index contributed by atoms with van der Waals surface area (Å²) in [6.45, 7) is 2.78. The smallest absolute Gasteiger partial charge is 0.252 e. The van der Waals surface area contributed by atoms with E-state index in [2.05, 4.69) is 15.3 Å². The number of hydrogen-bond donors (Lipinski definition) is 1. The minimum Gasteiger partial charge on any atom is -0.378 e. The summed E-state index contributed by atoms with van der Waals surface area (Å²) < 4.78 is 5.88. The van der Waals surface area contributed by atoms with Crippen molar-refractivity contribution in [1.82, 2.24) is 15.3 Å². The van der Waals surface area contributed by atoms with Crippen LogP contribution in [0.1, 0.15) is 43.0 Å². The number of nitrogens with zero attached hydrogens (tertiary/aromatic N) is 2. The van der Waals surface area contributed by atoms with Crippen LogP contribution in [0.4, 0.5) is 0 Å². The van der Waals surface area contributed by atoms with Gasteiger partial charge in [-0.3, -0.25) is 4.79 Å². The number of aromatic nitrogens is 2. The first kappa shape index (κ1) is 16.2. The molecule has 1 aromatic heterocycles. The van der Waals surface area contributed by atoms with Gasteiger partial charge in [-0.25, -0.2) is 9.97 Å². The summed E-state index contributed by atoms with van der Waals surface area (Å²) in [6.07, 6.45) is 9.71. The van der Waals surface area contributed by atoms with E-state index in [0.29, 0.717) is 11.7 Å². The molecule has 2 aliphatic rings. The Morgan fingerprint density at radius 1 is 1.28 bits per heavy atom. The second-order valence-electron chi connectivity index (χ2n) is 6.97. The minimum atomic E-state index is -0.0225. The lowest BCUT2D eigenvalue weighted by molar-refractivity contribution is -0.169. The summed E-state index contributed by atoms with van der Waals surface area (Å²) in [7, 11) is 0. The van der Waals surface area contributed by atoms with Crippen molar-refractivity contribution in [2.24, 2.45) is 5.41 Å². The molecule has 4 rings (SSSR count). The lowest BCUT2D eigenvalue weighted by Crippen LogP contribution is -2.67. The van der Waals surface area contributed by atoms with Gasteiger partial charge >= 0.3 is 0 Å². The Balaban J connectivity index is 1.53. The van der Waals surface area contributed by atoms with Gasteiger partial charge in [0.25, 0.3) is 5.91 Å². The molecule has 5 nitrogen and oxygen atoms in total. The van der Waals surface area contributed by atoms with Gasteiger partial charge in [-0.1, -0.05) is 24.6 Å². The maximum absolute atomic E-state index is 12.9. The molecule has 1 amide bonds. The molecule has 0 bridgehead atoms. The van der Waals surface area contributed by atoms with Gasteiger partial charge in [-0.2, -0.15) is 0 Å². The number of ether oxygens (including phenoxy) is 1. The van der Waals surface area contributed by atoms with Crippen LogP contribution in [0.3, 0.4) is 0 Å². The highest BCUT2D eigenvalue weighted by atomic mass is 16.5. The molecule has 1 aromatic carbocycles. The molecular weight excluding hydrogens is 314 g/mol. The highest BCUT2D eigenvalue weighted by Gasteiger charge is 2.59. The first-order valence-electron chi connectivity index (χ1n) is 9.01. The second-order valence-corrected chi connectivity index (χ2v) is 6.97. The quantitative estimate of drug-likeness (QED) is 0.910. The van der Waals surface area contributed by atoms with E-state index in [-0.39, 0.29) is 17.4 Å². The summed E-state index contributed by atoms with van der Waals surface area (Å²) in [4.78, 5) is 21.1. The van der Waals surface area contributed by atoms with E-state index in [0.717, 1.165) is 37.0 Å². The van der Waals surface area contributed by atoms with Crippen molar-refractivity contribution in [2.75, 3.05) is 6.61 Å². The molecule has 2 atom stereocenters. The van der Waals surface area contributed by atoms with Gasteiger partial charge in [-0.05, 0) is 37.8 Å². The molecule has 2 fully saturated rings. The Labute approximate surface area is 147 Å². The Kier molecular flexibility index (Phi) is 4.25. The van der Waals surface area contributed by atoms with Crippen molar-refractivity contribution in [2.45, 2.75) is 44.8 Å². The van der Waals surface area contributed by atoms with E-state index >= 15 is 0 Å². The zero-order valence-electron chi connectivity index (χ0n) is 14.4. The zero-order valence-corrected chi connectivity index (χ0v) is 14.4. The van der Waals surface area contributed by atoms with Crippen LogP contribution in [-0.2, 0) is 4.74 Å². The molecule has 2 aliphatic carbocycles. The maximum atomic E-state index is 12.9. The second kappa shape index (κ2) is 6.56. The van der Waals surface area contributed by atoms with Gasteiger partial charge in [0.15, 0.2) is 0 Å². The first-order chi connectivity index (χ1) is 12.2. The van der Waals surface area contributed by atoms with Crippen LogP contribution in [0.15, 0.2) is 43.0 Å². The first-order valence-corrected chi connectivity index (χ1v) is 9.01. The molecule has 1 N–H and O–H groups in total. The van der Waals surface area contributed by atoms with Crippen molar-refractivity contribution >= 4 is 5.91 Å². The minimum absolute atomic E-state index is 0.0225. The topological polar surface area (TPSA) is 64.1 Å². The van der Waals surface area contributed by atoms with Crippen molar-refractivity contribution in [1.29, 1.82) is 0 Å². The summed E-state index contributed by atoms with van der Waals surface area (Å²) in [5, 5.41) is 3.26. The fraction of sp³-hybridized carbons (Fsp3) is 0.450. The third-order valence-corrected chi connectivity index (χ3v) is 5.79. The summed E-state index contributed by atoms with van der Waals surface area (Å²) in [5.41, 5.74) is 2.55. The monoisotopic (exact) mass is 337 g/mol. The van der Waals surface area contributed by atoms with E-state index < -0.39 is 0 Å². The fourth-order valence-electron chi connectivity index (χ4n) is 4.25. The Hall–Kier alpha value is -2.27. The van der Waals surface area contributed by atoms with Crippen molar-refractivity contribution < 1.29 is 9.53 Å². The van der Waals surface area contributed by atoms with Crippen LogP contribution in [-0.4, -0.2) is 34.6 Å². The Bertz CT molecular complexity index is 759. The number of carbonyl (C=O) groups excluding carboxylic acids is 1. The number of benzene rings is 1. The molecule has 2 aromatic rings. The SMILES string of the molecule is CCO[C@H]1C[C@@H](NC(=O)c2ccccc2-c2cncnc2)C12CCC2. The summed E-state index contributed by atoms with van der Waals surface area (Å²) in [6, 6.07) is 7.84. The lowest BCUT2D eigenvalue weighted by Gasteiger charge is -2.61. The zero-order chi connectivity index (χ0) is 17.3. The average molecular weight is 337 g/mol. The summed E-state index contributed by atoms with van der Waals surface area (Å²) >= 11 is 0. The van der Waals surface area contributed by atoms with Gasteiger partial charge in [0.05, 0.1) is 6.10 Å². The highest BCUT2D eigenvalue weighted by Crippen LogP contribution is 2.57. The van der Waals surface area contributed by atoms with Crippen LogP contribution in [0.2, 0.25) is 0 Å². The highest BCUT2D eigenvalue weighted by molar-refractivity contribution is 6.01. The molecule has 1 spiro atoms. The number of rotatable bonds is 5. The van der Waals surface area contributed by atoms with Gasteiger partial charge < -0.3 is 10.1 Å². The molecular formula is C20H23N3O2. The molecule has 130 valence electrons. The van der Waals surface area contributed by atoms with E-state index in [1.807, 2.05) is 31.2 Å². The van der Waals surface area contributed by atoms with Crippen LogP contribution in [0.25, 0.3) is 11.1 Å². The van der Waals surface area contributed by atoms with Crippen molar-refractivity contribution in [3.8, 4) is 11.1 Å². The number of nitrogens with one attached hydrogen (secondary N) is 1. The molecule has 1 heterocycles. The van der Waals surface area contributed by atoms with Gasteiger partial charge in [0, 0.05) is 41.6 Å². The molecule has 25 heavy (non-hydrogen) atoms. The van der Waals surface area contributed by atoms with E-state index in [4.69, 9.17) is 4.74 Å². The fourth-order valence-corrected chi connectivity index (χ4v) is 4.25. The van der Waals surface area contributed by atoms with Crippen LogP contribution in [0, 0.1) is 5.41 Å². The largest absolute Gasteiger partial charge is 0.378 e. The van der Waals surface area contributed by atoms with Gasteiger partial charge in [0.1, 0.15) is 6.33 Å². The summed E-state index contributed by atoms with van der Waals surface area (Å²) in [5.74, 6) is -0.0225. The van der Waals surface area contributed by atoms with Crippen LogP contribution >= 0.6 is 0 Å². The Morgan fingerprint density at radius 3 is 2.72 bits per heavy atom. The standard InChI is InChI=1S/C20H23N3O2/c1-2-25-18-10-17(20(18)8-5-9-20)23-19(24)16-7-4-3-6-15(16)14-11-21-13-22-12-14/h3-4,6-7,11-13,17-18H,2,5,8-10H2,1H3,(H,23,24)/t17-,18+/m1/s1. The molecule has 2 saturated carbocycles. The third kappa shape index (κ3) is 2.72. The van der Waals surface area contributed by atoms with E-state index in [1.54, 1.807) is 12.4 Å². The predicted molar refractivity (Wildman–Crippen MR) is 95.0 cm³/mol. The molecule has 5 heteroatoms. The number of hydrogen-bond acceptors (Lipinski definition) is 4. The van der Waals surface area contributed by atoms with Gasteiger partial charge in [-0.15, -0.1) is 0 Å². The lowest BCUT2D eigenvalue weighted by atomic mass is 9.51. The average Bonchev–Trinajstić information content (AvgIpc) is 2.60. The van der Waals surface area contributed by atoms with Crippen LogP contribution in [0.5, 0.6) is 0 Å². The Morgan fingerprint density at radius 2 is 2.04 bits per heavy atom. The van der Waals surface area contributed by atoms with E-state index in [9.17, 15) is 4.79 Å². The van der Waals surface area contributed by atoms with Crippen molar-refractivity contribution in [3.63, 3.8) is 0 Å². The van der Waals surface area contributed by atoms with Crippen molar-refractivity contribution in [3.05, 3.63) is 48.5 Å². The van der Waals surface area contributed by atoms with E-state index in [1.165, 1.54) is 12.7 Å². The molecule has 0 unspecified atom stereocenters. The predicted octanol–water partition coefficient (Wildman–Crippen LogP) is 3.22. The normalized spacial score (nSPS) is 23.6. The number of carbonyl (C=O) groups is 1. The molecule has 0 saturated heterocycles.